The van der Waals surface area contributed by atoms with Crippen LogP contribution in [0.4, 0.5) is 14.5 Å². The van der Waals surface area contributed by atoms with E-state index < -0.39 is 5.76 Å². The molecule has 0 unspecified atom stereocenters. The van der Waals surface area contributed by atoms with Crippen molar-refractivity contribution < 1.29 is 18.3 Å². The van der Waals surface area contributed by atoms with Crippen LogP contribution >= 0.6 is 24.0 Å². The van der Waals surface area contributed by atoms with E-state index in [-0.39, 0.29) is 5.97 Å². The number of thioether (sulfide) groups is 1. The number of hydrogen-bond donors (Lipinski definition) is 2. The van der Waals surface area contributed by atoms with Crippen molar-refractivity contribution in [1.82, 2.24) is 5.32 Å². The molecule has 0 heterocycles. The van der Waals surface area contributed by atoms with Gasteiger partial charge < -0.3 is 15.4 Å². The fraction of sp³-hybridized carbons (Fsp3) is 0.467. The molecule has 0 aliphatic heterocycles. The largest absolute Gasteiger partial charge is 0.469 e. The topological polar surface area (TPSA) is 50.4 Å². The summed E-state index contributed by atoms with van der Waals surface area (Å²) >= 11 is 5.66. The molecule has 0 saturated heterocycles. The molecule has 0 amide bonds. The number of anilines is 1. The van der Waals surface area contributed by atoms with Crippen LogP contribution in [0.15, 0.2) is 29.2 Å². The maximum absolute atomic E-state index is 12.2. The number of hydrogen-bond acceptors (Lipinski definition) is 4. The standard InChI is InChI=1S/C15H20F2N2O2S2/c1-21-13(20)5-3-2-4-10-18-15(22)19-11-6-8-12(9-7-11)23-14(16)17/h6-9,14H,2-5,10H2,1H3,(H2,18,19,22). The summed E-state index contributed by atoms with van der Waals surface area (Å²) in [4.78, 5) is 11.4. The van der Waals surface area contributed by atoms with E-state index in [9.17, 15) is 13.6 Å². The summed E-state index contributed by atoms with van der Waals surface area (Å²) in [5.41, 5.74) is 0.742. The lowest BCUT2D eigenvalue weighted by molar-refractivity contribution is -0.140. The first-order valence-corrected chi connectivity index (χ1v) is 8.46. The highest BCUT2D eigenvalue weighted by atomic mass is 32.2. The first-order chi connectivity index (χ1) is 11.0. The number of esters is 1. The molecule has 0 atom stereocenters. The number of benzene rings is 1. The van der Waals surface area contributed by atoms with Crippen LogP contribution in [0.5, 0.6) is 0 Å². The van der Waals surface area contributed by atoms with Gasteiger partial charge in [0.2, 0.25) is 0 Å². The SMILES string of the molecule is COC(=O)CCCCCNC(=S)Nc1ccc(SC(F)F)cc1. The van der Waals surface area contributed by atoms with Gasteiger partial charge in [-0.05, 0) is 49.3 Å². The second-order valence-corrected chi connectivity index (χ2v) is 6.14. The molecule has 1 aromatic carbocycles. The molecule has 0 saturated carbocycles. The monoisotopic (exact) mass is 362 g/mol. The summed E-state index contributed by atoms with van der Waals surface area (Å²) in [6, 6.07) is 6.65. The number of alkyl halides is 2. The minimum Gasteiger partial charge on any atom is -0.469 e. The van der Waals surface area contributed by atoms with Crippen LogP contribution in [0.1, 0.15) is 25.7 Å². The normalized spacial score (nSPS) is 10.4. The Hall–Kier alpha value is -1.41. The fourth-order valence-electron chi connectivity index (χ4n) is 1.77. The van der Waals surface area contributed by atoms with Crippen LogP contribution in [0, 0.1) is 0 Å². The van der Waals surface area contributed by atoms with Crippen molar-refractivity contribution >= 4 is 40.7 Å². The Kier molecular flexibility index (Phi) is 9.54. The zero-order valence-corrected chi connectivity index (χ0v) is 14.4. The van der Waals surface area contributed by atoms with E-state index in [1.807, 2.05) is 0 Å². The molecule has 0 radical (unpaired) electrons. The van der Waals surface area contributed by atoms with E-state index in [1.165, 1.54) is 7.11 Å². The van der Waals surface area contributed by atoms with E-state index in [0.717, 1.165) is 24.9 Å². The highest BCUT2D eigenvalue weighted by Crippen LogP contribution is 2.26. The highest BCUT2D eigenvalue weighted by Gasteiger charge is 2.05. The van der Waals surface area contributed by atoms with Gasteiger partial charge in [-0.1, -0.05) is 18.2 Å². The van der Waals surface area contributed by atoms with E-state index >= 15 is 0 Å². The third-order valence-electron chi connectivity index (χ3n) is 2.91. The maximum atomic E-state index is 12.2. The second kappa shape index (κ2) is 11.2. The van der Waals surface area contributed by atoms with Crippen LogP contribution < -0.4 is 10.6 Å². The Morgan fingerprint density at radius 3 is 2.57 bits per heavy atom. The van der Waals surface area contributed by atoms with Crippen LogP contribution in [0.25, 0.3) is 0 Å². The van der Waals surface area contributed by atoms with Crippen molar-refractivity contribution in [1.29, 1.82) is 0 Å². The molecule has 0 fully saturated rings. The molecule has 128 valence electrons. The quantitative estimate of drug-likeness (QED) is 0.299. The predicted molar refractivity (Wildman–Crippen MR) is 93.0 cm³/mol. The van der Waals surface area contributed by atoms with Gasteiger partial charge in [0.25, 0.3) is 5.76 Å². The number of rotatable bonds is 9. The summed E-state index contributed by atoms with van der Waals surface area (Å²) in [7, 11) is 1.38. The van der Waals surface area contributed by atoms with Crippen molar-refractivity contribution in [3.8, 4) is 0 Å². The van der Waals surface area contributed by atoms with Crippen LogP contribution in [-0.4, -0.2) is 30.5 Å². The Morgan fingerprint density at radius 1 is 1.26 bits per heavy atom. The summed E-state index contributed by atoms with van der Waals surface area (Å²) in [6.45, 7) is 0.701. The molecule has 0 aliphatic carbocycles. The lowest BCUT2D eigenvalue weighted by Crippen LogP contribution is -2.29. The van der Waals surface area contributed by atoms with Gasteiger partial charge in [-0.25, -0.2) is 0 Å². The Bertz CT molecular complexity index is 499. The zero-order valence-electron chi connectivity index (χ0n) is 12.8. The van der Waals surface area contributed by atoms with Crippen LogP contribution in [0.3, 0.4) is 0 Å². The number of thiocarbonyl (C=S) groups is 1. The van der Waals surface area contributed by atoms with Gasteiger partial charge in [0.1, 0.15) is 0 Å². The number of methoxy groups -OCH3 is 1. The van der Waals surface area contributed by atoms with Gasteiger partial charge in [0.05, 0.1) is 7.11 Å². The lowest BCUT2D eigenvalue weighted by atomic mass is 10.2. The van der Waals surface area contributed by atoms with Crippen molar-refractivity contribution in [2.45, 2.75) is 36.3 Å². The van der Waals surface area contributed by atoms with Crippen molar-refractivity contribution in [3.63, 3.8) is 0 Å². The summed E-state index contributed by atoms with van der Waals surface area (Å²) in [6.07, 6.45) is 3.02. The van der Waals surface area contributed by atoms with Crippen LogP contribution in [0.2, 0.25) is 0 Å². The minimum absolute atomic E-state index is 0.191. The van der Waals surface area contributed by atoms with Gasteiger partial charge in [-0.2, -0.15) is 8.78 Å². The lowest BCUT2D eigenvalue weighted by Gasteiger charge is -2.11. The molecule has 0 bridgehead atoms. The third-order valence-corrected chi connectivity index (χ3v) is 3.88. The third kappa shape index (κ3) is 9.35. The van der Waals surface area contributed by atoms with E-state index in [2.05, 4.69) is 15.4 Å². The molecule has 1 aromatic rings. The fourth-order valence-corrected chi connectivity index (χ4v) is 2.49. The zero-order chi connectivity index (χ0) is 17.1. The molecule has 4 nitrogen and oxygen atoms in total. The van der Waals surface area contributed by atoms with Gasteiger partial charge in [0, 0.05) is 23.5 Å². The summed E-state index contributed by atoms with van der Waals surface area (Å²) in [5, 5.41) is 6.53. The van der Waals surface area contributed by atoms with E-state index in [1.54, 1.807) is 24.3 Å². The average molecular weight is 362 g/mol. The molecule has 1 rings (SSSR count). The van der Waals surface area contributed by atoms with Crippen molar-refractivity contribution in [3.05, 3.63) is 24.3 Å². The molecular formula is C15H20F2N2O2S2. The molecule has 23 heavy (non-hydrogen) atoms. The number of unbranched alkanes of at least 4 members (excludes halogenated alkanes) is 2. The molecule has 0 aromatic heterocycles. The molecule has 0 spiro atoms. The molecule has 8 heteroatoms. The first-order valence-electron chi connectivity index (χ1n) is 7.18. The van der Waals surface area contributed by atoms with E-state index in [4.69, 9.17) is 12.2 Å². The first kappa shape index (κ1) is 19.6. The summed E-state index contributed by atoms with van der Waals surface area (Å²) in [5.74, 6) is -2.61. The van der Waals surface area contributed by atoms with Gasteiger partial charge >= 0.3 is 5.97 Å². The number of ether oxygens (including phenoxy) is 1. The number of carbonyl (C=O) groups is 1. The van der Waals surface area contributed by atoms with Gasteiger partial charge in [0.15, 0.2) is 5.11 Å². The predicted octanol–water partition coefficient (Wildman–Crippen LogP) is 4.02. The molecular weight excluding hydrogens is 342 g/mol. The van der Waals surface area contributed by atoms with Crippen molar-refractivity contribution in [2.24, 2.45) is 0 Å². The molecule has 0 aliphatic rings. The maximum Gasteiger partial charge on any atom is 0.305 e. The Balaban J connectivity index is 2.17. The van der Waals surface area contributed by atoms with Gasteiger partial charge in [-0.3, -0.25) is 4.79 Å². The van der Waals surface area contributed by atoms with Gasteiger partial charge in [-0.15, -0.1) is 0 Å². The minimum atomic E-state index is -2.42. The summed E-state index contributed by atoms with van der Waals surface area (Å²) < 4.78 is 29.0. The average Bonchev–Trinajstić information content (AvgIpc) is 2.51. The Morgan fingerprint density at radius 2 is 1.96 bits per heavy atom. The second-order valence-electron chi connectivity index (χ2n) is 4.67. The molecule has 2 N–H and O–H groups in total. The van der Waals surface area contributed by atoms with E-state index in [0.29, 0.717) is 34.7 Å². The number of carbonyl (C=O) groups excluding carboxylic acids is 1. The van der Waals surface area contributed by atoms with Crippen molar-refractivity contribution in [2.75, 3.05) is 19.0 Å². The Labute approximate surface area is 144 Å². The number of halogens is 2. The number of nitrogens with one attached hydrogen (secondary N) is 2. The highest BCUT2D eigenvalue weighted by molar-refractivity contribution is 7.99. The van der Waals surface area contributed by atoms with Crippen LogP contribution in [-0.2, 0) is 9.53 Å². The smallest absolute Gasteiger partial charge is 0.305 e.